The topological polar surface area (TPSA) is 58.8 Å². The van der Waals surface area contributed by atoms with Crippen molar-refractivity contribution in [2.45, 2.75) is 39.2 Å². The van der Waals surface area contributed by atoms with Gasteiger partial charge in [0.2, 0.25) is 5.91 Å². The molecular formula is C17H27N3O2. The number of rotatable bonds is 5. The summed E-state index contributed by atoms with van der Waals surface area (Å²) in [4.78, 5) is 16.3. The zero-order valence-corrected chi connectivity index (χ0v) is 14.1. The standard InChI is InChI=1S/C17H27N3O2/c1-5-6-10-19(4)15(21)11-20-12-17(2,3)22-14-9-7-8-13(18)16(14)20/h7-9H,5-6,10-12,18H2,1-4H3. The molecule has 0 spiro atoms. The Morgan fingerprint density at radius 3 is 2.86 bits per heavy atom. The molecule has 22 heavy (non-hydrogen) atoms. The Morgan fingerprint density at radius 1 is 1.45 bits per heavy atom. The first kappa shape index (κ1) is 16.5. The number of nitrogens with zero attached hydrogens (tertiary/aromatic N) is 2. The van der Waals surface area contributed by atoms with Crippen molar-refractivity contribution in [3.63, 3.8) is 0 Å². The number of ether oxygens (including phenoxy) is 1. The van der Waals surface area contributed by atoms with Gasteiger partial charge in [0.15, 0.2) is 0 Å². The summed E-state index contributed by atoms with van der Waals surface area (Å²) in [6.07, 6.45) is 2.10. The van der Waals surface area contributed by atoms with Gasteiger partial charge in [-0.05, 0) is 32.4 Å². The third-order valence-electron chi connectivity index (χ3n) is 3.90. The Morgan fingerprint density at radius 2 is 2.18 bits per heavy atom. The van der Waals surface area contributed by atoms with Gasteiger partial charge >= 0.3 is 0 Å². The summed E-state index contributed by atoms with van der Waals surface area (Å²) in [6, 6.07) is 5.63. The predicted molar refractivity (Wildman–Crippen MR) is 90.3 cm³/mol. The third-order valence-corrected chi connectivity index (χ3v) is 3.90. The molecule has 2 rings (SSSR count). The summed E-state index contributed by atoms with van der Waals surface area (Å²) in [5.41, 5.74) is 7.24. The number of para-hydroxylation sites is 1. The van der Waals surface area contributed by atoms with Crippen LogP contribution in [0.25, 0.3) is 0 Å². The summed E-state index contributed by atoms with van der Waals surface area (Å²) >= 11 is 0. The van der Waals surface area contributed by atoms with Crippen molar-refractivity contribution in [3.05, 3.63) is 18.2 Å². The van der Waals surface area contributed by atoms with E-state index in [4.69, 9.17) is 10.5 Å². The van der Waals surface area contributed by atoms with Crippen LogP contribution >= 0.6 is 0 Å². The molecule has 1 aliphatic rings. The number of carbonyl (C=O) groups excluding carboxylic acids is 1. The first-order valence-electron chi connectivity index (χ1n) is 7.90. The number of carbonyl (C=O) groups is 1. The van der Waals surface area contributed by atoms with Gasteiger partial charge in [-0.25, -0.2) is 0 Å². The van der Waals surface area contributed by atoms with E-state index >= 15 is 0 Å². The smallest absolute Gasteiger partial charge is 0.241 e. The number of nitrogens with two attached hydrogens (primary N) is 1. The highest BCUT2D eigenvalue weighted by Gasteiger charge is 2.34. The van der Waals surface area contributed by atoms with Crippen LogP contribution in [-0.4, -0.2) is 43.1 Å². The van der Waals surface area contributed by atoms with Gasteiger partial charge in [0.05, 0.1) is 18.8 Å². The summed E-state index contributed by atoms with van der Waals surface area (Å²) in [6.45, 7) is 7.94. The lowest BCUT2D eigenvalue weighted by Gasteiger charge is -2.41. The van der Waals surface area contributed by atoms with Crippen LogP contribution in [0.5, 0.6) is 5.75 Å². The lowest BCUT2D eigenvalue weighted by molar-refractivity contribution is -0.128. The van der Waals surface area contributed by atoms with Crippen LogP contribution in [0.4, 0.5) is 11.4 Å². The van der Waals surface area contributed by atoms with Gasteiger partial charge in [-0.15, -0.1) is 0 Å². The highest BCUT2D eigenvalue weighted by Crippen LogP contribution is 2.40. The van der Waals surface area contributed by atoms with E-state index in [1.165, 1.54) is 0 Å². The molecule has 0 saturated carbocycles. The van der Waals surface area contributed by atoms with Crippen LogP contribution < -0.4 is 15.4 Å². The molecule has 1 amide bonds. The first-order chi connectivity index (χ1) is 10.3. The molecule has 0 bridgehead atoms. The molecule has 0 aromatic heterocycles. The van der Waals surface area contributed by atoms with Crippen LogP contribution in [0.2, 0.25) is 0 Å². The molecule has 5 heteroatoms. The van der Waals surface area contributed by atoms with E-state index in [1.54, 1.807) is 4.90 Å². The number of benzene rings is 1. The van der Waals surface area contributed by atoms with Crippen LogP contribution in [0.1, 0.15) is 33.6 Å². The summed E-state index contributed by atoms with van der Waals surface area (Å²) in [5.74, 6) is 0.862. The molecule has 0 saturated heterocycles. The van der Waals surface area contributed by atoms with Crippen molar-refractivity contribution in [1.29, 1.82) is 0 Å². The monoisotopic (exact) mass is 305 g/mol. The summed E-state index contributed by atoms with van der Waals surface area (Å²) < 4.78 is 5.99. The minimum Gasteiger partial charge on any atom is -0.484 e. The van der Waals surface area contributed by atoms with Crippen LogP contribution in [0, 0.1) is 0 Å². The Balaban J connectivity index is 2.19. The molecule has 0 fully saturated rings. The van der Waals surface area contributed by atoms with Crippen molar-refractivity contribution in [1.82, 2.24) is 4.90 Å². The van der Waals surface area contributed by atoms with Gasteiger partial charge in [0, 0.05) is 13.6 Å². The number of unbranched alkanes of at least 4 members (excludes halogenated alkanes) is 1. The Kier molecular flexibility index (Phi) is 4.84. The number of hydrogen-bond acceptors (Lipinski definition) is 4. The van der Waals surface area contributed by atoms with E-state index < -0.39 is 0 Å². The number of likely N-dealkylation sites (N-methyl/N-ethyl adjacent to an activating group) is 1. The lowest BCUT2D eigenvalue weighted by Crippen LogP contribution is -2.50. The van der Waals surface area contributed by atoms with Gasteiger partial charge in [0.25, 0.3) is 0 Å². The fraction of sp³-hybridized carbons (Fsp3) is 0.588. The largest absolute Gasteiger partial charge is 0.484 e. The van der Waals surface area contributed by atoms with Gasteiger partial charge in [-0.3, -0.25) is 4.79 Å². The second-order valence-corrected chi connectivity index (χ2v) is 6.58. The second kappa shape index (κ2) is 6.46. The van der Waals surface area contributed by atoms with E-state index in [0.717, 1.165) is 30.8 Å². The van der Waals surface area contributed by atoms with E-state index in [9.17, 15) is 4.79 Å². The first-order valence-corrected chi connectivity index (χ1v) is 7.90. The zero-order valence-electron chi connectivity index (χ0n) is 14.1. The zero-order chi connectivity index (χ0) is 16.3. The molecule has 1 heterocycles. The lowest BCUT2D eigenvalue weighted by atomic mass is 10.0. The van der Waals surface area contributed by atoms with Gasteiger partial charge in [-0.1, -0.05) is 19.4 Å². The Hall–Kier alpha value is -1.91. The third kappa shape index (κ3) is 3.64. The Labute approximate surface area is 133 Å². The van der Waals surface area contributed by atoms with Gasteiger partial charge in [-0.2, -0.15) is 0 Å². The molecule has 0 aliphatic carbocycles. The average Bonchev–Trinajstić information content (AvgIpc) is 2.43. The minimum atomic E-state index is -0.344. The number of anilines is 2. The van der Waals surface area contributed by atoms with Crippen LogP contribution in [-0.2, 0) is 4.79 Å². The molecule has 0 unspecified atom stereocenters. The molecular weight excluding hydrogens is 278 g/mol. The highest BCUT2D eigenvalue weighted by molar-refractivity contribution is 5.85. The number of amides is 1. The molecule has 5 nitrogen and oxygen atoms in total. The number of nitrogen functional groups attached to an aromatic ring is 1. The highest BCUT2D eigenvalue weighted by atomic mass is 16.5. The van der Waals surface area contributed by atoms with Crippen LogP contribution in [0.3, 0.4) is 0 Å². The second-order valence-electron chi connectivity index (χ2n) is 6.58. The van der Waals surface area contributed by atoms with Crippen molar-refractivity contribution in [3.8, 4) is 5.75 Å². The molecule has 2 N–H and O–H groups in total. The van der Waals surface area contributed by atoms with E-state index in [2.05, 4.69) is 6.92 Å². The van der Waals surface area contributed by atoms with E-state index in [0.29, 0.717) is 18.8 Å². The molecule has 0 atom stereocenters. The van der Waals surface area contributed by atoms with Gasteiger partial charge < -0.3 is 20.3 Å². The maximum absolute atomic E-state index is 12.5. The molecule has 122 valence electrons. The average molecular weight is 305 g/mol. The van der Waals surface area contributed by atoms with Crippen molar-refractivity contribution in [2.75, 3.05) is 37.3 Å². The molecule has 0 radical (unpaired) electrons. The SMILES string of the molecule is CCCCN(C)C(=O)CN1CC(C)(C)Oc2cccc(N)c21. The molecule has 1 aliphatic heterocycles. The van der Waals surface area contributed by atoms with Crippen molar-refractivity contribution >= 4 is 17.3 Å². The quantitative estimate of drug-likeness (QED) is 0.849. The van der Waals surface area contributed by atoms with Gasteiger partial charge in [0.1, 0.15) is 17.0 Å². The summed E-state index contributed by atoms with van der Waals surface area (Å²) in [7, 11) is 1.86. The normalized spacial score (nSPS) is 15.9. The molecule has 1 aromatic rings. The van der Waals surface area contributed by atoms with E-state index in [1.807, 2.05) is 44.0 Å². The van der Waals surface area contributed by atoms with Crippen molar-refractivity contribution in [2.24, 2.45) is 0 Å². The minimum absolute atomic E-state index is 0.111. The van der Waals surface area contributed by atoms with E-state index in [-0.39, 0.29) is 11.5 Å². The summed E-state index contributed by atoms with van der Waals surface area (Å²) in [5, 5.41) is 0. The Bertz CT molecular complexity index is 543. The molecule has 1 aromatic carbocycles. The number of hydrogen-bond donors (Lipinski definition) is 1. The number of fused-ring (bicyclic) bond motifs is 1. The predicted octanol–water partition coefficient (Wildman–Crippen LogP) is 2.50. The van der Waals surface area contributed by atoms with Crippen LogP contribution in [0.15, 0.2) is 18.2 Å². The maximum Gasteiger partial charge on any atom is 0.241 e. The van der Waals surface area contributed by atoms with Crippen molar-refractivity contribution < 1.29 is 9.53 Å². The maximum atomic E-state index is 12.5. The fourth-order valence-electron chi connectivity index (χ4n) is 2.77. The fourth-order valence-corrected chi connectivity index (χ4v) is 2.77.